The Labute approximate surface area is 238 Å². The van der Waals surface area contributed by atoms with E-state index in [-0.39, 0.29) is 6.03 Å². The second-order valence-electron chi connectivity index (χ2n) is 9.92. The van der Waals surface area contributed by atoms with Gasteiger partial charge in [-0.1, -0.05) is 68.5 Å². The molecule has 0 aliphatic heterocycles. The summed E-state index contributed by atoms with van der Waals surface area (Å²) in [5.41, 5.74) is 3.86. The number of benzene rings is 3. The molecule has 40 heavy (non-hydrogen) atoms. The quantitative estimate of drug-likeness (QED) is 0.171. The Balaban J connectivity index is 1.90. The first-order valence-electron chi connectivity index (χ1n) is 13.6. The highest BCUT2D eigenvalue weighted by Crippen LogP contribution is 2.32. The number of nitrogens with zero attached hydrogens (tertiary/aromatic N) is 1. The lowest BCUT2D eigenvalue weighted by Gasteiger charge is -2.25. The molecule has 0 saturated heterocycles. The Morgan fingerprint density at radius 3 is 2.30 bits per heavy atom. The fraction of sp³-hybridized carbons (Fsp3) is 0.364. The van der Waals surface area contributed by atoms with Crippen LogP contribution in [0.5, 0.6) is 17.2 Å². The lowest BCUT2D eigenvalue weighted by molar-refractivity contribution is 0.181. The molecule has 1 N–H and O–H groups in total. The minimum Gasteiger partial charge on any atom is -0.497 e. The van der Waals surface area contributed by atoms with Crippen molar-refractivity contribution in [1.29, 1.82) is 0 Å². The summed E-state index contributed by atoms with van der Waals surface area (Å²) in [4.78, 5) is 15.1. The molecular weight excluding hydrogens is 504 g/mol. The first kappa shape index (κ1) is 30.6. The van der Waals surface area contributed by atoms with Crippen molar-refractivity contribution in [2.75, 3.05) is 41.1 Å². The van der Waals surface area contributed by atoms with E-state index >= 15 is 0 Å². The molecule has 0 heterocycles. The van der Waals surface area contributed by atoms with Gasteiger partial charge in [0.05, 0.1) is 27.4 Å². The minimum absolute atomic E-state index is 0.148. The van der Waals surface area contributed by atoms with E-state index in [9.17, 15) is 4.79 Å². The van der Waals surface area contributed by atoms with Gasteiger partial charge in [0.25, 0.3) is 0 Å². The summed E-state index contributed by atoms with van der Waals surface area (Å²) in [7, 11) is 4.92. The molecule has 0 atom stereocenters. The second kappa shape index (κ2) is 16.2. The largest absolute Gasteiger partial charge is 0.497 e. The van der Waals surface area contributed by atoms with Gasteiger partial charge in [-0.25, -0.2) is 4.79 Å². The number of urea groups is 1. The van der Waals surface area contributed by atoms with Crippen molar-refractivity contribution in [3.8, 4) is 17.2 Å². The first-order valence-corrected chi connectivity index (χ1v) is 13.6. The number of hydrogen-bond donors (Lipinski definition) is 1. The molecular formula is C33H42N2O5. The molecule has 214 valence electrons. The zero-order valence-electron chi connectivity index (χ0n) is 24.3. The maximum atomic E-state index is 13.3. The number of ether oxygens (including phenoxy) is 4. The summed E-state index contributed by atoms with van der Waals surface area (Å²) in [6.07, 6.45) is 4.81. The van der Waals surface area contributed by atoms with E-state index in [1.165, 1.54) is 0 Å². The van der Waals surface area contributed by atoms with Gasteiger partial charge in [0.15, 0.2) is 0 Å². The van der Waals surface area contributed by atoms with Gasteiger partial charge in [0, 0.05) is 38.4 Å². The second-order valence-corrected chi connectivity index (χ2v) is 9.92. The summed E-state index contributed by atoms with van der Waals surface area (Å²) in [6, 6.07) is 21.6. The van der Waals surface area contributed by atoms with E-state index in [0.717, 1.165) is 34.4 Å². The predicted molar refractivity (Wildman–Crippen MR) is 161 cm³/mol. The Morgan fingerprint density at radius 1 is 0.900 bits per heavy atom. The van der Waals surface area contributed by atoms with E-state index in [1.54, 1.807) is 26.2 Å². The van der Waals surface area contributed by atoms with E-state index in [4.69, 9.17) is 18.9 Å². The Hall–Kier alpha value is -3.97. The fourth-order valence-electron chi connectivity index (χ4n) is 4.10. The van der Waals surface area contributed by atoms with Gasteiger partial charge in [-0.3, -0.25) is 0 Å². The lowest BCUT2D eigenvalue weighted by atomic mass is 10.0. The van der Waals surface area contributed by atoms with Gasteiger partial charge in [-0.2, -0.15) is 0 Å². The van der Waals surface area contributed by atoms with E-state index in [1.807, 2.05) is 78.9 Å². The molecule has 3 aromatic rings. The van der Waals surface area contributed by atoms with Gasteiger partial charge in [0.2, 0.25) is 0 Å². The van der Waals surface area contributed by atoms with Crippen LogP contribution >= 0.6 is 0 Å². The third-order valence-corrected chi connectivity index (χ3v) is 6.25. The summed E-state index contributed by atoms with van der Waals surface area (Å²) in [5.74, 6) is 2.65. The van der Waals surface area contributed by atoms with Crippen LogP contribution in [-0.4, -0.2) is 52.0 Å². The van der Waals surface area contributed by atoms with Crippen LogP contribution in [0.4, 0.5) is 4.79 Å². The molecule has 7 heteroatoms. The number of hydrogen-bond acceptors (Lipinski definition) is 5. The number of carbonyl (C=O) groups excluding carboxylic acids is 1. The zero-order chi connectivity index (χ0) is 28.7. The third kappa shape index (κ3) is 9.65. The van der Waals surface area contributed by atoms with Crippen LogP contribution in [0.2, 0.25) is 0 Å². The first-order chi connectivity index (χ1) is 19.4. The lowest BCUT2D eigenvalue weighted by Crippen LogP contribution is -2.40. The average molecular weight is 547 g/mol. The number of rotatable bonds is 15. The molecule has 0 unspecified atom stereocenters. The van der Waals surface area contributed by atoms with Crippen molar-refractivity contribution >= 4 is 18.2 Å². The van der Waals surface area contributed by atoms with Crippen LogP contribution < -0.4 is 19.5 Å². The zero-order valence-corrected chi connectivity index (χ0v) is 24.3. The van der Waals surface area contributed by atoms with Crippen molar-refractivity contribution in [1.82, 2.24) is 10.2 Å². The summed E-state index contributed by atoms with van der Waals surface area (Å²) >= 11 is 0. The van der Waals surface area contributed by atoms with Gasteiger partial charge >= 0.3 is 6.03 Å². The molecule has 3 aromatic carbocycles. The predicted octanol–water partition coefficient (Wildman–Crippen LogP) is 6.66. The molecule has 3 rings (SSSR count). The van der Waals surface area contributed by atoms with E-state index < -0.39 is 0 Å². The molecule has 0 bridgehead atoms. The van der Waals surface area contributed by atoms with Crippen molar-refractivity contribution in [3.05, 3.63) is 89.0 Å². The van der Waals surface area contributed by atoms with Gasteiger partial charge in [0.1, 0.15) is 17.2 Å². The molecule has 0 fully saturated rings. The molecule has 0 aliphatic carbocycles. The Kier molecular flexibility index (Phi) is 12.4. The molecule has 2 amide bonds. The SMILES string of the molecule is COCCCNC(=O)N(Cc1ccccc1)Cc1c(/C=C/c2ccc(OCC(C)C)cc2)cc(OC)cc1OC. The van der Waals surface area contributed by atoms with Crippen LogP contribution in [0.25, 0.3) is 12.2 Å². The van der Waals surface area contributed by atoms with Crippen LogP contribution in [0.15, 0.2) is 66.7 Å². The standard InChI is InChI=1S/C33H42N2O5/c1-25(2)24-40-29-16-13-26(14-17-29)12-15-28-20-30(38-4)21-32(39-5)31(28)23-35(22-27-10-7-6-8-11-27)33(36)34-18-9-19-37-3/h6-8,10-17,20-21,25H,9,18-19,22-24H2,1-5H3,(H,34,36)/b15-12+. The van der Waals surface area contributed by atoms with Gasteiger partial charge in [-0.05, 0) is 47.2 Å². The highest BCUT2D eigenvalue weighted by Gasteiger charge is 2.19. The number of carbonyl (C=O) groups is 1. The fourth-order valence-corrected chi connectivity index (χ4v) is 4.10. The minimum atomic E-state index is -0.148. The van der Waals surface area contributed by atoms with E-state index in [0.29, 0.717) is 50.3 Å². The molecule has 0 saturated carbocycles. The van der Waals surface area contributed by atoms with Crippen LogP contribution in [0.3, 0.4) is 0 Å². The normalized spacial score (nSPS) is 11.1. The summed E-state index contributed by atoms with van der Waals surface area (Å²) in [6.45, 7) is 6.85. The molecule has 0 radical (unpaired) electrons. The number of methoxy groups -OCH3 is 3. The highest BCUT2D eigenvalue weighted by atomic mass is 16.5. The average Bonchev–Trinajstić information content (AvgIpc) is 2.98. The van der Waals surface area contributed by atoms with Crippen LogP contribution in [0.1, 0.15) is 42.5 Å². The van der Waals surface area contributed by atoms with Crippen molar-refractivity contribution in [2.45, 2.75) is 33.4 Å². The van der Waals surface area contributed by atoms with E-state index in [2.05, 4.69) is 19.2 Å². The van der Waals surface area contributed by atoms with Crippen molar-refractivity contribution < 1.29 is 23.7 Å². The van der Waals surface area contributed by atoms with Crippen LogP contribution in [0, 0.1) is 5.92 Å². The van der Waals surface area contributed by atoms with Crippen LogP contribution in [-0.2, 0) is 17.8 Å². The maximum absolute atomic E-state index is 13.3. The number of amides is 2. The molecule has 0 aliphatic rings. The Morgan fingerprint density at radius 2 is 1.65 bits per heavy atom. The smallest absolute Gasteiger partial charge is 0.318 e. The van der Waals surface area contributed by atoms with Crippen molar-refractivity contribution in [2.24, 2.45) is 5.92 Å². The maximum Gasteiger partial charge on any atom is 0.318 e. The molecule has 0 aromatic heterocycles. The Bertz CT molecular complexity index is 1210. The van der Waals surface area contributed by atoms with Crippen molar-refractivity contribution in [3.63, 3.8) is 0 Å². The third-order valence-electron chi connectivity index (χ3n) is 6.25. The summed E-state index contributed by atoms with van der Waals surface area (Å²) < 4.78 is 22.3. The topological polar surface area (TPSA) is 69.3 Å². The molecule has 7 nitrogen and oxygen atoms in total. The summed E-state index contributed by atoms with van der Waals surface area (Å²) in [5, 5.41) is 3.03. The number of nitrogens with one attached hydrogen (secondary N) is 1. The van der Waals surface area contributed by atoms with Gasteiger partial charge < -0.3 is 29.2 Å². The molecule has 0 spiro atoms. The highest BCUT2D eigenvalue weighted by molar-refractivity contribution is 5.76. The van der Waals surface area contributed by atoms with Gasteiger partial charge in [-0.15, -0.1) is 0 Å². The monoisotopic (exact) mass is 546 g/mol.